The Labute approximate surface area is 132 Å². The Morgan fingerprint density at radius 2 is 2.10 bits per heavy atom. The smallest absolute Gasteiger partial charge is 0.418 e. The Bertz CT molecular complexity index is 728. The minimum Gasteiger partial charge on any atom is -0.443 e. The Morgan fingerprint density at radius 3 is 2.85 bits per heavy atom. The van der Waals surface area contributed by atoms with Gasteiger partial charge in [0.15, 0.2) is 0 Å². The van der Waals surface area contributed by atoms with Gasteiger partial charge in [-0.25, -0.2) is 0 Å². The summed E-state index contributed by atoms with van der Waals surface area (Å²) in [6.45, 7) is 0.389. The van der Waals surface area contributed by atoms with Crippen molar-refractivity contribution in [3.05, 3.63) is 50.1 Å². The van der Waals surface area contributed by atoms with Gasteiger partial charge in [-0.05, 0) is 40.2 Å². The van der Waals surface area contributed by atoms with Crippen LogP contribution in [-0.4, -0.2) is 10.1 Å². The van der Waals surface area contributed by atoms with Crippen molar-refractivity contribution >= 4 is 38.9 Å². The molecule has 0 bridgehead atoms. The van der Waals surface area contributed by atoms with Gasteiger partial charge in [0.2, 0.25) is 5.82 Å². The number of thiophene rings is 1. The zero-order valence-corrected chi connectivity index (χ0v) is 13.2. The van der Waals surface area contributed by atoms with Gasteiger partial charge >= 0.3 is 6.08 Å². The average molecular weight is 372 g/mol. The first kappa shape index (κ1) is 13.6. The zero-order valence-electron chi connectivity index (χ0n) is 10.0. The average Bonchev–Trinajstić information content (AvgIpc) is 3.06. The first-order valence-electron chi connectivity index (χ1n) is 5.68. The summed E-state index contributed by atoms with van der Waals surface area (Å²) in [6, 6.07) is 11.2. The third kappa shape index (κ3) is 3.03. The van der Waals surface area contributed by atoms with Crippen LogP contribution in [0.5, 0.6) is 6.08 Å². The largest absolute Gasteiger partial charge is 0.443 e. The fraction of sp³-hybridized carbons (Fsp3) is 0.0769. The van der Waals surface area contributed by atoms with E-state index in [2.05, 4.69) is 26.1 Å². The number of nitrogens with zero attached hydrogens (tertiary/aromatic N) is 2. The van der Waals surface area contributed by atoms with E-state index in [4.69, 9.17) is 20.9 Å². The van der Waals surface area contributed by atoms with Crippen molar-refractivity contribution in [1.29, 1.82) is 0 Å². The molecule has 2 aromatic heterocycles. The third-order valence-corrected chi connectivity index (χ3v) is 4.42. The number of benzene rings is 1. The molecule has 1 aromatic carbocycles. The van der Waals surface area contributed by atoms with Gasteiger partial charge in [0.1, 0.15) is 6.61 Å². The molecule has 0 amide bonds. The van der Waals surface area contributed by atoms with Gasteiger partial charge in [-0.1, -0.05) is 28.9 Å². The number of hydrogen-bond acceptors (Lipinski definition) is 5. The molecule has 0 aliphatic heterocycles. The van der Waals surface area contributed by atoms with Crippen LogP contribution in [0, 0.1) is 0 Å². The number of ether oxygens (including phenoxy) is 1. The van der Waals surface area contributed by atoms with Gasteiger partial charge in [-0.3, -0.25) is 4.52 Å². The van der Waals surface area contributed by atoms with E-state index in [1.54, 1.807) is 17.4 Å². The second kappa shape index (κ2) is 5.95. The molecule has 0 N–H and O–H groups in total. The highest BCUT2D eigenvalue weighted by atomic mass is 79.9. The molecule has 0 unspecified atom stereocenters. The maximum Gasteiger partial charge on any atom is 0.418 e. The van der Waals surface area contributed by atoms with Gasteiger partial charge in [0.25, 0.3) is 0 Å². The fourth-order valence-corrected chi connectivity index (χ4v) is 3.20. The lowest BCUT2D eigenvalue weighted by Gasteiger charge is -1.97. The molecule has 3 rings (SSSR count). The molecule has 0 atom stereocenters. The molecule has 7 heteroatoms. The van der Waals surface area contributed by atoms with Gasteiger partial charge in [-0.2, -0.15) is 4.98 Å². The van der Waals surface area contributed by atoms with E-state index < -0.39 is 0 Å². The summed E-state index contributed by atoms with van der Waals surface area (Å²) < 4.78 is 11.6. The quantitative estimate of drug-likeness (QED) is 0.661. The predicted molar refractivity (Wildman–Crippen MR) is 81.1 cm³/mol. The van der Waals surface area contributed by atoms with E-state index in [1.807, 2.05) is 30.3 Å². The summed E-state index contributed by atoms with van der Waals surface area (Å²) in [5, 5.41) is 4.43. The standard InChI is InChI=1S/C13H8BrClN2O2S/c14-11-6-5-8(20-11)7-18-13-16-12(17-19-13)9-3-1-2-4-10(9)15/h1-6H,7H2. The molecule has 0 aliphatic carbocycles. The van der Waals surface area contributed by atoms with Crippen molar-refractivity contribution in [3.63, 3.8) is 0 Å². The number of rotatable bonds is 4. The third-order valence-electron chi connectivity index (χ3n) is 2.49. The summed E-state index contributed by atoms with van der Waals surface area (Å²) >= 11 is 11.1. The van der Waals surface area contributed by atoms with Gasteiger partial charge in [0, 0.05) is 10.4 Å². The normalized spacial score (nSPS) is 10.7. The van der Waals surface area contributed by atoms with Crippen LogP contribution in [-0.2, 0) is 6.61 Å². The monoisotopic (exact) mass is 370 g/mol. The molecular weight excluding hydrogens is 364 g/mol. The molecule has 20 heavy (non-hydrogen) atoms. The van der Waals surface area contributed by atoms with Crippen LogP contribution in [0.4, 0.5) is 0 Å². The molecule has 0 saturated heterocycles. The van der Waals surface area contributed by atoms with Crippen molar-refractivity contribution in [1.82, 2.24) is 10.1 Å². The van der Waals surface area contributed by atoms with Crippen molar-refractivity contribution in [3.8, 4) is 17.5 Å². The Morgan fingerprint density at radius 1 is 1.25 bits per heavy atom. The highest BCUT2D eigenvalue weighted by Gasteiger charge is 2.12. The lowest BCUT2D eigenvalue weighted by atomic mass is 10.2. The predicted octanol–water partition coefficient (Wildman–Crippen LogP) is 4.79. The Balaban J connectivity index is 1.72. The second-order valence-electron chi connectivity index (χ2n) is 3.86. The van der Waals surface area contributed by atoms with Crippen LogP contribution in [0.3, 0.4) is 0 Å². The molecule has 0 radical (unpaired) electrons. The van der Waals surface area contributed by atoms with Crippen molar-refractivity contribution in [2.75, 3.05) is 0 Å². The van der Waals surface area contributed by atoms with E-state index >= 15 is 0 Å². The van der Waals surface area contributed by atoms with Crippen LogP contribution in [0.2, 0.25) is 5.02 Å². The molecule has 3 aromatic rings. The van der Waals surface area contributed by atoms with Crippen LogP contribution >= 0.6 is 38.9 Å². The van der Waals surface area contributed by atoms with Crippen molar-refractivity contribution < 1.29 is 9.26 Å². The van der Waals surface area contributed by atoms with E-state index in [0.29, 0.717) is 23.0 Å². The summed E-state index contributed by atoms with van der Waals surface area (Å²) in [5.74, 6) is 0.415. The Hall–Kier alpha value is -1.37. The van der Waals surface area contributed by atoms with Crippen molar-refractivity contribution in [2.45, 2.75) is 6.61 Å². The number of halogens is 2. The van der Waals surface area contributed by atoms with Gasteiger partial charge in [0.05, 0.1) is 8.81 Å². The van der Waals surface area contributed by atoms with Gasteiger partial charge < -0.3 is 4.74 Å². The SMILES string of the molecule is Clc1ccccc1-c1noc(OCc2ccc(Br)s2)n1. The molecule has 2 heterocycles. The lowest BCUT2D eigenvalue weighted by molar-refractivity contribution is 0.197. The zero-order chi connectivity index (χ0) is 13.9. The number of hydrogen-bond donors (Lipinski definition) is 0. The summed E-state index contributed by atoms with van der Waals surface area (Å²) in [7, 11) is 0. The Kier molecular flexibility index (Phi) is 4.05. The molecule has 102 valence electrons. The van der Waals surface area contributed by atoms with Crippen LogP contribution in [0.15, 0.2) is 44.7 Å². The molecule has 0 saturated carbocycles. The first-order valence-corrected chi connectivity index (χ1v) is 7.67. The van der Waals surface area contributed by atoms with Gasteiger partial charge in [-0.15, -0.1) is 11.3 Å². The maximum atomic E-state index is 6.08. The minimum atomic E-state index is 0.129. The van der Waals surface area contributed by atoms with Crippen LogP contribution in [0.25, 0.3) is 11.4 Å². The minimum absolute atomic E-state index is 0.129. The first-order chi connectivity index (χ1) is 9.72. The second-order valence-corrected chi connectivity index (χ2v) is 6.81. The fourth-order valence-electron chi connectivity index (χ4n) is 1.58. The number of aromatic nitrogens is 2. The molecule has 0 fully saturated rings. The van der Waals surface area contributed by atoms with E-state index in [-0.39, 0.29) is 6.08 Å². The topological polar surface area (TPSA) is 48.2 Å². The van der Waals surface area contributed by atoms with E-state index in [0.717, 1.165) is 8.66 Å². The molecule has 4 nitrogen and oxygen atoms in total. The van der Waals surface area contributed by atoms with Crippen LogP contribution < -0.4 is 4.74 Å². The summed E-state index contributed by atoms with van der Waals surface area (Å²) in [6.07, 6.45) is 0.129. The summed E-state index contributed by atoms with van der Waals surface area (Å²) in [5.41, 5.74) is 0.714. The lowest BCUT2D eigenvalue weighted by Crippen LogP contribution is -1.92. The van der Waals surface area contributed by atoms with E-state index in [1.165, 1.54) is 0 Å². The van der Waals surface area contributed by atoms with Crippen molar-refractivity contribution in [2.24, 2.45) is 0 Å². The van der Waals surface area contributed by atoms with E-state index in [9.17, 15) is 0 Å². The highest BCUT2D eigenvalue weighted by molar-refractivity contribution is 9.11. The van der Waals surface area contributed by atoms with Crippen LogP contribution in [0.1, 0.15) is 4.88 Å². The maximum absolute atomic E-state index is 6.08. The molecule has 0 aliphatic rings. The molecule has 0 spiro atoms. The molecular formula is C13H8BrClN2O2S. The summed E-state index contributed by atoms with van der Waals surface area (Å²) in [4.78, 5) is 5.24. The highest BCUT2D eigenvalue weighted by Crippen LogP contribution is 2.27.